The van der Waals surface area contributed by atoms with Crippen molar-refractivity contribution in [3.63, 3.8) is 0 Å². The topological polar surface area (TPSA) is 63.2 Å². The van der Waals surface area contributed by atoms with Gasteiger partial charge in [-0.3, -0.25) is 4.79 Å². The molecule has 0 aliphatic carbocycles. The standard InChI is InChI=1S/C19H23N3O3S/c1-14-3-4-15(2)17(11-14)25-13-18(23)21-20-12-16-5-6-19(26-16)22-7-9-24-10-8-22/h3-6,11-12H,7-10,13H2,1-2H3,(H,21,23)/b20-12-. The molecule has 1 N–H and O–H groups in total. The highest BCUT2D eigenvalue weighted by Crippen LogP contribution is 2.25. The summed E-state index contributed by atoms with van der Waals surface area (Å²) in [5, 5.41) is 5.21. The zero-order valence-electron chi connectivity index (χ0n) is 15.0. The van der Waals surface area contributed by atoms with Crippen LogP contribution in [0.15, 0.2) is 35.4 Å². The van der Waals surface area contributed by atoms with E-state index in [0.29, 0.717) is 0 Å². The minimum absolute atomic E-state index is 0.0644. The number of carbonyl (C=O) groups excluding carboxylic acids is 1. The van der Waals surface area contributed by atoms with Crippen LogP contribution in [0.1, 0.15) is 16.0 Å². The molecule has 0 atom stereocenters. The number of hydrazone groups is 1. The number of carbonyl (C=O) groups is 1. The van der Waals surface area contributed by atoms with Gasteiger partial charge >= 0.3 is 0 Å². The normalized spacial score (nSPS) is 14.6. The lowest BCUT2D eigenvalue weighted by Crippen LogP contribution is -2.35. The second kappa shape index (κ2) is 8.82. The van der Waals surface area contributed by atoms with Crippen LogP contribution in [0.5, 0.6) is 5.75 Å². The number of thiophene rings is 1. The predicted octanol–water partition coefficient (Wildman–Crippen LogP) is 2.73. The number of nitrogens with one attached hydrogen (secondary N) is 1. The van der Waals surface area contributed by atoms with Gasteiger partial charge in [0.25, 0.3) is 5.91 Å². The van der Waals surface area contributed by atoms with Crippen molar-refractivity contribution >= 4 is 28.5 Å². The van der Waals surface area contributed by atoms with Crippen LogP contribution in [0, 0.1) is 13.8 Å². The number of morpholine rings is 1. The molecule has 1 amide bonds. The summed E-state index contributed by atoms with van der Waals surface area (Å²) in [5.74, 6) is 0.435. The first kappa shape index (κ1) is 18.4. The Balaban J connectivity index is 1.46. The minimum Gasteiger partial charge on any atom is -0.483 e. The van der Waals surface area contributed by atoms with Crippen LogP contribution in [0.2, 0.25) is 0 Å². The summed E-state index contributed by atoms with van der Waals surface area (Å²) in [7, 11) is 0. The van der Waals surface area contributed by atoms with Crippen molar-refractivity contribution in [3.8, 4) is 5.75 Å². The molecule has 6 nitrogen and oxygen atoms in total. The summed E-state index contributed by atoms with van der Waals surface area (Å²) >= 11 is 1.64. The van der Waals surface area contributed by atoms with Gasteiger partial charge in [0.1, 0.15) is 5.75 Å². The Morgan fingerprint density at radius 1 is 1.31 bits per heavy atom. The third kappa shape index (κ3) is 5.06. The van der Waals surface area contributed by atoms with E-state index in [-0.39, 0.29) is 12.5 Å². The quantitative estimate of drug-likeness (QED) is 0.625. The molecule has 0 saturated carbocycles. The van der Waals surface area contributed by atoms with Crippen molar-refractivity contribution in [2.75, 3.05) is 37.8 Å². The summed E-state index contributed by atoms with van der Waals surface area (Å²) < 4.78 is 10.9. The average molecular weight is 373 g/mol. The third-order valence-corrected chi connectivity index (χ3v) is 5.10. The Morgan fingerprint density at radius 2 is 2.12 bits per heavy atom. The smallest absolute Gasteiger partial charge is 0.277 e. The number of ether oxygens (including phenoxy) is 2. The second-order valence-corrected chi connectivity index (χ2v) is 7.22. The van der Waals surface area contributed by atoms with Crippen LogP contribution in [0.3, 0.4) is 0 Å². The zero-order valence-corrected chi connectivity index (χ0v) is 15.8. The summed E-state index contributed by atoms with van der Waals surface area (Å²) in [6.45, 7) is 7.21. The molecule has 1 saturated heterocycles. The van der Waals surface area contributed by atoms with E-state index in [9.17, 15) is 4.79 Å². The highest BCUT2D eigenvalue weighted by atomic mass is 32.1. The highest BCUT2D eigenvalue weighted by Gasteiger charge is 2.12. The van der Waals surface area contributed by atoms with Gasteiger partial charge in [0.2, 0.25) is 0 Å². The van der Waals surface area contributed by atoms with Gasteiger partial charge in [-0.25, -0.2) is 5.43 Å². The van der Waals surface area contributed by atoms with Gasteiger partial charge in [0.15, 0.2) is 6.61 Å². The Kier molecular flexibility index (Phi) is 6.25. The Labute approximate surface area is 157 Å². The van der Waals surface area contributed by atoms with Gasteiger partial charge in [-0.05, 0) is 43.2 Å². The summed E-state index contributed by atoms with van der Waals surface area (Å²) in [4.78, 5) is 15.2. The van der Waals surface area contributed by atoms with Crippen molar-refractivity contribution in [1.82, 2.24) is 5.43 Å². The number of hydrogen-bond donors (Lipinski definition) is 1. The molecule has 1 fully saturated rings. The van der Waals surface area contributed by atoms with Gasteiger partial charge in [-0.1, -0.05) is 12.1 Å². The van der Waals surface area contributed by atoms with E-state index >= 15 is 0 Å². The molecule has 0 radical (unpaired) electrons. The van der Waals surface area contributed by atoms with Gasteiger partial charge in [0.05, 0.1) is 24.4 Å². The van der Waals surface area contributed by atoms with Crippen LogP contribution in [-0.2, 0) is 9.53 Å². The molecule has 1 aliphatic rings. The molecule has 3 rings (SSSR count). The first-order chi connectivity index (χ1) is 12.6. The van der Waals surface area contributed by atoms with E-state index in [1.165, 1.54) is 5.00 Å². The summed E-state index contributed by atoms with van der Waals surface area (Å²) in [6, 6.07) is 9.98. The molecule has 0 unspecified atom stereocenters. The maximum atomic E-state index is 11.9. The number of rotatable bonds is 6. The Hall–Kier alpha value is -2.38. The van der Waals surface area contributed by atoms with Gasteiger partial charge < -0.3 is 14.4 Å². The van der Waals surface area contributed by atoms with Gasteiger partial charge in [-0.2, -0.15) is 5.10 Å². The fourth-order valence-corrected chi connectivity index (χ4v) is 3.50. The van der Waals surface area contributed by atoms with E-state index in [2.05, 4.69) is 21.5 Å². The molecular weight excluding hydrogens is 350 g/mol. The second-order valence-electron chi connectivity index (χ2n) is 6.13. The maximum absolute atomic E-state index is 11.9. The molecule has 0 spiro atoms. The first-order valence-corrected chi connectivity index (χ1v) is 9.38. The lowest BCUT2D eigenvalue weighted by atomic mass is 10.1. The van der Waals surface area contributed by atoms with Crippen LogP contribution < -0.4 is 15.1 Å². The first-order valence-electron chi connectivity index (χ1n) is 8.56. The minimum atomic E-state index is -0.285. The lowest BCUT2D eigenvalue weighted by Gasteiger charge is -2.27. The molecule has 0 bridgehead atoms. The number of anilines is 1. The number of hydrogen-bond acceptors (Lipinski definition) is 6. The molecule has 7 heteroatoms. The fourth-order valence-electron chi connectivity index (χ4n) is 2.57. The van der Waals surface area contributed by atoms with E-state index in [0.717, 1.165) is 48.1 Å². The molecule has 1 aromatic carbocycles. The number of nitrogens with zero attached hydrogens (tertiary/aromatic N) is 2. The Morgan fingerprint density at radius 3 is 2.92 bits per heavy atom. The van der Waals surface area contributed by atoms with E-state index in [1.54, 1.807) is 17.6 Å². The zero-order chi connectivity index (χ0) is 18.4. The molecule has 1 aliphatic heterocycles. The van der Waals surface area contributed by atoms with Crippen LogP contribution in [0.25, 0.3) is 0 Å². The van der Waals surface area contributed by atoms with Crippen molar-refractivity contribution in [1.29, 1.82) is 0 Å². The number of amides is 1. The molecular formula is C19H23N3O3S. The number of aryl methyl sites for hydroxylation is 2. The van der Waals surface area contributed by atoms with Crippen molar-refractivity contribution in [3.05, 3.63) is 46.3 Å². The monoisotopic (exact) mass is 373 g/mol. The average Bonchev–Trinajstić information content (AvgIpc) is 3.12. The highest BCUT2D eigenvalue weighted by molar-refractivity contribution is 7.17. The Bertz CT molecular complexity index is 782. The summed E-state index contributed by atoms with van der Waals surface area (Å²) in [6.07, 6.45) is 1.66. The van der Waals surface area contributed by atoms with Crippen LogP contribution >= 0.6 is 11.3 Å². The van der Waals surface area contributed by atoms with E-state index in [4.69, 9.17) is 9.47 Å². The molecule has 2 aromatic rings. The molecule has 138 valence electrons. The third-order valence-electron chi connectivity index (χ3n) is 4.02. The maximum Gasteiger partial charge on any atom is 0.277 e. The van der Waals surface area contributed by atoms with Crippen LogP contribution in [-0.4, -0.2) is 45.0 Å². The van der Waals surface area contributed by atoms with Crippen molar-refractivity contribution < 1.29 is 14.3 Å². The molecule has 2 heterocycles. The van der Waals surface area contributed by atoms with Crippen LogP contribution in [0.4, 0.5) is 5.00 Å². The summed E-state index contributed by atoms with van der Waals surface area (Å²) in [5.41, 5.74) is 4.60. The van der Waals surface area contributed by atoms with E-state index in [1.807, 2.05) is 38.1 Å². The van der Waals surface area contributed by atoms with E-state index < -0.39 is 0 Å². The fraction of sp³-hybridized carbons (Fsp3) is 0.368. The predicted molar refractivity (Wildman–Crippen MR) is 104 cm³/mol. The SMILES string of the molecule is Cc1ccc(C)c(OCC(=O)N/N=C\c2ccc(N3CCOCC3)s2)c1. The van der Waals surface area contributed by atoms with Gasteiger partial charge in [0, 0.05) is 18.0 Å². The molecule has 1 aromatic heterocycles. The van der Waals surface area contributed by atoms with Crippen molar-refractivity contribution in [2.24, 2.45) is 5.10 Å². The largest absolute Gasteiger partial charge is 0.483 e. The lowest BCUT2D eigenvalue weighted by molar-refractivity contribution is -0.123. The van der Waals surface area contributed by atoms with Gasteiger partial charge in [-0.15, -0.1) is 11.3 Å². The number of benzene rings is 1. The van der Waals surface area contributed by atoms with Crippen molar-refractivity contribution in [2.45, 2.75) is 13.8 Å². The molecule has 26 heavy (non-hydrogen) atoms.